The average molecular weight is 342 g/mol. The van der Waals surface area contributed by atoms with Gasteiger partial charge in [0, 0.05) is 13.1 Å². The molecule has 1 fully saturated rings. The maximum atomic E-state index is 12.2. The van der Waals surface area contributed by atoms with Crippen LogP contribution in [0.25, 0.3) is 11.0 Å². The molecule has 4 heterocycles. The fraction of sp³-hybridized carbons (Fsp3) is 0.375. The zero-order chi connectivity index (χ0) is 17.1. The Morgan fingerprint density at radius 3 is 2.96 bits per heavy atom. The van der Waals surface area contributed by atoms with E-state index in [-0.39, 0.29) is 12.5 Å². The molecule has 1 aliphatic heterocycles. The first-order valence-electron chi connectivity index (χ1n) is 8.09. The number of nitrogens with one attached hydrogen (secondary N) is 1. The summed E-state index contributed by atoms with van der Waals surface area (Å²) in [5, 5.41) is 7.95. The van der Waals surface area contributed by atoms with Crippen molar-refractivity contribution in [2.45, 2.75) is 13.1 Å². The van der Waals surface area contributed by atoms with Gasteiger partial charge in [0.2, 0.25) is 5.91 Å². The molecule has 0 unspecified atom stereocenters. The molecule has 0 saturated carbocycles. The first-order valence-corrected chi connectivity index (χ1v) is 8.09. The second-order valence-corrected chi connectivity index (χ2v) is 5.69. The van der Waals surface area contributed by atoms with Crippen LogP contribution in [0.3, 0.4) is 0 Å². The third-order valence-corrected chi connectivity index (χ3v) is 4.06. The highest BCUT2D eigenvalue weighted by Gasteiger charge is 2.18. The van der Waals surface area contributed by atoms with E-state index in [2.05, 4.69) is 25.3 Å². The van der Waals surface area contributed by atoms with E-state index in [0.717, 1.165) is 24.3 Å². The third-order valence-electron chi connectivity index (χ3n) is 4.06. The number of morpholine rings is 1. The molecule has 1 amide bonds. The van der Waals surface area contributed by atoms with Gasteiger partial charge in [-0.05, 0) is 12.1 Å². The number of furan rings is 1. The predicted octanol–water partition coefficient (Wildman–Crippen LogP) is 0.572. The highest BCUT2D eigenvalue weighted by Crippen LogP contribution is 2.23. The van der Waals surface area contributed by atoms with E-state index in [4.69, 9.17) is 9.15 Å². The Kier molecular flexibility index (Phi) is 4.30. The van der Waals surface area contributed by atoms with Crippen LogP contribution >= 0.6 is 0 Å². The monoisotopic (exact) mass is 342 g/mol. The molecule has 1 N–H and O–H groups in total. The summed E-state index contributed by atoms with van der Waals surface area (Å²) in [5.41, 5.74) is 0.643. The molecule has 3 aromatic heterocycles. The normalized spacial score (nSPS) is 14.8. The average Bonchev–Trinajstić information content (AvgIpc) is 3.31. The minimum atomic E-state index is -0.159. The van der Waals surface area contributed by atoms with Crippen LogP contribution in [0.4, 0.5) is 5.82 Å². The van der Waals surface area contributed by atoms with Crippen molar-refractivity contribution in [2.75, 3.05) is 31.2 Å². The topological polar surface area (TPSA) is 98.3 Å². The number of hydrogen-bond acceptors (Lipinski definition) is 7. The van der Waals surface area contributed by atoms with Gasteiger partial charge in [0.25, 0.3) is 0 Å². The van der Waals surface area contributed by atoms with Crippen molar-refractivity contribution in [3.63, 3.8) is 0 Å². The van der Waals surface area contributed by atoms with Gasteiger partial charge < -0.3 is 19.4 Å². The fourth-order valence-corrected chi connectivity index (χ4v) is 2.81. The number of anilines is 1. The molecule has 9 nitrogen and oxygen atoms in total. The summed E-state index contributed by atoms with van der Waals surface area (Å²) in [6.45, 7) is 3.34. The largest absolute Gasteiger partial charge is 0.467 e. The lowest BCUT2D eigenvalue weighted by Crippen LogP contribution is -2.36. The van der Waals surface area contributed by atoms with Crippen LogP contribution in [0.2, 0.25) is 0 Å². The molecule has 0 spiro atoms. The fourth-order valence-electron chi connectivity index (χ4n) is 2.81. The van der Waals surface area contributed by atoms with Gasteiger partial charge in [-0.1, -0.05) is 0 Å². The van der Waals surface area contributed by atoms with Gasteiger partial charge in [-0.15, -0.1) is 0 Å². The summed E-state index contributed by atoms with van der Waals surface area (Å²) >= 11 is 0. The molecule has 25 heavy (non-hydrogen) atoms. The van der Waals surface area contributed by atoms with Gasteiger partial charge in [-0.3, -0.25) is 4.79 Å². The van der Waals surface area contributed by atoms with Crippen molar-refractivity contribution in [1.82, 2.24) is 25.1 Å². The molecule has 9 heteroatoms. The SMILES string of the molecule is O=C(Cn1ncc2c(N3CCOCC3)ncnc21)NCc1ccco1. The summed E-state index contributed by atoms with van der Waals surface area (Å²) < 4.78 is 12.2. The van der Waals surface area contributed by atoms with Crippen molar-refractivity contribution in [1.29, 1.82) is 0 Å². The molecular weight excluding hydrogens is 324 g/mol. The Bertz CT molecular complexity index is 854. The van der Waals surface area contributed by atoms with E-state index in [1.54, 1.807) is 23.2 Å². The van der Waals surface area contributed by atoms with Gasteiger partial charge >= 0.3 is 0 Å². The Morgan fingerprint density at radius 2 is 2.16 bits per heavy atom. The molecule has 1 saturated heterocycles. The number of fused-ring (bicyclic) bond motifs is 1. The molecule has 0 radical (unpaired) electrons. The number of aromatic nitrogens is 4. The lowest BCUT2D eigenvalue weighted by atomic mass is 10.3. The van der Waals surface area contributed by atoms with Gasteiger partial charge in [0.15, 0.2) is 5.65 Å². The quantitative estimate of drug-likeness (QED) is 0.724. The molecule has 4 rings (SSSR count). The van der Waals surface area contributed by atoms with Crippen LogP contribution in [0.15, 0.2) is 35.3 Å². The molecule has 0 aliphatic carbocycles. The van der Waals surface area contributed by atoms with Crippen molar-refractivity contribution in [2.24, 2.45) is 0 Å². The second-order valence-electron chi connectivity index (χ2n) is 5.69. The number of rotatable bonds is 5. The van der Waals surface area contributed by atoms with Crippen LogP contribution in [0.5, 0.6) is 0 Å². The minimum Gasteiger partial charge on any atom is -0.467 e. The molecule has 1 aliphatic rings. The third kappa shape index (κ3) is 3.31. The van der Waals surface area contributed by atoms with Crippen molar-refractivity contribution in [3.8, 4) is 0 Å². The Hall–Kier alpha value is -2.94. The van der Waals surface area contributed by atoms with Gasteiger partial charge in [0.05, 0.1) is 37.6 Å². The van der Waals surface area contributed by atoms with E-state index in [1.807, 2.05) is 6.07 Å². The molecular formula is C16H18N6O3. The molecule has 0 atom stereocenters. The predicted molar refractivity (Wildman–Crippen MR) is 88.9 cm³/mol. The van der Waals surface area contributed by atoms with Crippen molar-refractivity contribution < 1.29 is 13.9 Å². The smallest absolute Gasteiger partial charge is 0.242 e. The number of carbonyl (C=O) groups excluding carboxylic acids is 1. The van der Waals surface area contributed by atoms with E-state index in [9.17, 15) is 4.79 Å². The van der Waals surface area contributed by atoms with E-state index in [0.29, 0.717) is 31.2 Å². The number of nitrogens with zero attached hydrogens (tertiary/aromatic N) is 5. The standard InChI is InChI=1S/C16H18N6O3/c23-14(17-8-12-2-1-5-25-12)10-22-16-13(9-20-22)15(18-11-19-16)21-3-6-24-7-4-21/h1-2,5,9,11H,3-4,6-8,10H2,(H,17,23). The second kappa shape index (κ2) is 6.89. The van der Waals surface area contributed by atoms with E-state index >= 15 is 0 Å². The van der Waals surface area contributed by atoms with E-state index in [1.165, 1.54) is 6.33 Å². The molecule has 0 bridgehead atoms. The molecule has 130 valence electrons. The Balaban J connectivity index is 1.49. The van der Waals surface area contributed by atoms with Gasteiger partial charge in [-0.25, -0.2) is 14.6 Å². The lowest BCUT2D eigenvalue weighted by Gasteiger charge is -2.27. The number of ether oxygens (including phenoxy) is 1. The molecule has 0 aromatic carbocycles. The first kappa shape index (κ1) is 15.6. The van der Waals surface area contributed by atoms with E-state index < -0.39 is 0 Å². The van der Waals surface area contributed by atoms with Crippen LogP contribution in [0, 0.1) is 0 Å². The first-order chi connectivity index (χ1) is 12.3. The van der Waals surface area contributed by atoms with Crippen LogP contribution < -0.4 is 10.2 Å². The van der Waals surface area contributed by atoms with Gasteiger partial charge in [0.1, 0.15) is 24.5 Å². The summed E-state index contributed by atoms with van der Waals surface area (Å²) in [7, 11) is 0. The Morgan fingerprint density at radius 1 is 1.28 bits per heavy atom. The van der Waals surface area contributed by atoms with Crippen molar-refractivity contribution in [3.05, 3.63) is 36.7 Å². The minimum absolute atomic E-state index is 0.0871. The summed E-state index contributed by atoms with van der Waals surface area (Å²) in [6, 6.07) is 3.60. The summed E-state index contributed by atoms with van der Waals surface area (Å²) in [5.74, 6) is 1.37. The number of hydrogen-bond donors (Lipinski definition) is 1. The van der Waals surface area contributed by atoms with Crippen LogP contribution in [-0.4, -0.2) is 52.0 Å². The maximum Gasteiger partial charge on any atom is 0.242 e. The summed E-state index contributed by atoms with van der Waals surface area (Å²) in [4.78, 5) is 23.0. The lowest BCUT2D eigenvalue weighted by molar-refractivity contribution is -0.122. The molecule has 3 aromatic rings. The zero-order valence-corrected chi connectivity index (χ0v) is 13.6. The van der Waals surface area contributed by atoms with Crippen LogP contribution in [0.1, 0.15) is 5.76 Å². The Labute approximate surface area is 143 Å². The number of carbonyl (C=O) groups is 1. The highest BCUT2D eigenvalue weighted by molar-refractivity contribution is 5.87. The van der Waals surface area contributed by atoms with Crippen LogP contribution in [-0.2, 0) is 22.6 Å². The zero-order valence-electron chi connectivity index (χ0n) is 13.6. The number of amides is 1. The highest BCUT2D eigenvalue weighted by atomic mass is 16.5. The van der Waals surface area contributed by atoms with Gasteiger partial charge in [-0.2, -0.15) is 5.10 Å². The maximum absolute atomic E-state index is 12.2. The van der Waals surface area contributed by atoms with Crippen molar-refractivity contribution >= 4 is 22.8 Å². The summed E-state index contributed by atoms with van der Waals surface area (Å²) in [6.07, 6.45) is 4.79.